The van der Waals surface area contributed by atoms with Crippen molar-refractivity contribution >= 4 is 11.9 Å². The van der Waals surface area contributed by atoms with Crippen molar-refractivity contribution in [2.75, 3.05) is 6.54 Å². The van der Waals surface area contributed by atoms with E-state index in [4.69, 9.17) is 9.57 Å². The van der Waals surface area contributed by atoms with Crippen molar-refractivity contribution in [2.45, 2.75) is 51.4 Å². The molecule has 2 rings (SSSR count). The number of benzene rings is 1. The van der Waals surface area contributed by atoms with Crippen molar-refractivity contribution in [1.82, 2.24) is 5.06 Å². The number of carbonyl (C=O) groups excluding carboxylic acids is 2. The van der Waals surface area contributed by atoms with Crippen LogP contribution in [0.25, 0.3) is 0 Å². The first-order valence-electron chi connectivity index (χ1n) is 7.71. The highest BCUT2D eigenvalue weighted by molar-refractivity contribution is 5.89. The van der Waals surface area contributed by atoms with Gasteiger partial charge < -0.3 is 14.7 Å². The van der Waals surface area contributed by atoms with E-state index in [-0.39, 0.29) is 6.54 Å². The predicted octanol–water partition coefficient (Wildman–Crippen LogP) is 1.93. The molecule has 0 aliphatic carbocycles. The number of nitrogens with zero attached hydrogens (tertiary/aromatic N) is 1. The van der Waals surface area contributed by atoms with Crippen molar-refractivity contribution in [1.29, 1.82) is 0 Å². The first kappa shape index (κ1) is 17.4. The van der Waals surface area contributed by atoms with Gasteiger partial charge in [0.25, 0.3) is 0 Å². The molecule has 1 aliphatic heterocycles. The Balaban J connectivity index is 2.08. The molecular formula is C17H23NO5. The number of ether oxygens (including phenoxy) is 1. The summed E-state index contributed by atoms with van der Waals surface area (Å²) in [5.74, 6) is -1.02. The second-order valence-corrected chi connectivity index (χ2v) is 6.62. The van der Waals surface area contributed by atoms with Crippen molar-refractivity contribution in [2.24, 2.45) is 0 Å². The maximum atomic E-state index is 12.3. The Morgan fingerprint density at radius 1 is 1.17 bits per heavy atom. The van der Waals surface area contributed by atoms with Gasteiger partial charge in [0.15, 0.2) is 0 Å². The van der Waals surface area contributed by atoms with E-state index >= 15 is 0 Å². The van der Waals surface area contributed by atoms with E-state index in [2.05, 4.69) is 0 Å². The number of hydrogen-bond acceptors (Lipinski definition) is 6. The highest BCUT2D eigenvalue weighted by Gasteiger charge is 2.38. The number of β-amino-alcohol motifs (C(OH)–C–C–N with tert-alkyl or cyclic N) is 1. The van der Waals surface area contributed by atoms with Crippen LogP contribution in [0.4, 0.5) is 0 Å². The SMILES string of the molecule is CC(C)(C)OC(=O)[C@@H]1CCC(O)CN1OC(=O)c1ccccc1. The third-order valence-corrected chi connectivity index (χ3v) is 3.40. The van der Waals surface area contributed by atoms with Crippen molar-refractivity contribution in [3.05, 3.63) is 35.9 Å². The molecule has 0 saturated carbocycles. The minimum Gasteiger partial charge on any atom is -0.459 e. The van der Waals surface area contributed by atoms with Gasteiger partial charge in [-0.3, -0.25) is 4.79 Å². The van der Waals surface area contributed by atoms with Gasteiger partial charge in [0.1, 0.15) is 11.6 Å². The second-order valence-electron chi connectivity index (χ2n) is 6.62. The summed E-state index contributed by atoms with van der Waals surface area (Å²) in [4.78, 5) is 29.8. The molecule has 1 heterocycles. The quantitative estimate of drug-likeness (QED) is 0.857. The topological polar surface area (TPSA) is 76.1 Å². The van der Waals surface area contributed by atoms with E-state index in [0.29, 0.717) is 18.4 Å². The fourth-order valence-corrected chi connectivity index (χ4v) is 2.36. The average Bonchev–Trinajstić information content (AvgIpc) is 2.46. The molecule has 0 spiro atoms. The third kappa shape index (κ3) is 5.04. The number of esters is 1. The van der Waals surface area contributed by atoms with E-state index < -0.39 is 29.7 Å². The normalized spacial score (nSPS) is 22.4. The van der Waals surface area contributed by atoms with Gasteiger partial charge in [0.2, 0.25) is 0 Å². The molecule has 23 heavy (non-hydrogen) atoms. The van der Waals surface area contributed by atoms with Crippen LogP contribution in [0.5, 0.6) is 0 Å². The molecule has 1 N–H and O–H groups in total. The smallest absolute Gasteiger partial charge is 0.357 e. The third-order valence-electron chi connectivity index (χ3n) is 3.40. The molecule has 126 valence electrons. The molecule has 2 atom stereocenters. The van der Waals surface area contributed by atoms with Gasteiger partial charge in [-0.15, -0.1) is 5.06 Å². The van der Waals surface area contributed by atoms with Crippen LogP contribution in [-0.2, 0) is 14.4 Å². The molecule has 1 saturated heterocycles. The maximum Gasteiger partial charge on any atom is 0.357 e. The van der Waals surface area contributed by atoms with Crippen molar-refractivity contribution < 1.29 is 24.3 Å². The molecule has 0 bridgehead atoms. The minimum atomic E-state index is -0.703. The zero-order valence-corrected chi connectivity index (χ0v) is 13.7. The Morgan fingerprint density at radius 3 is 2.43 bits per heavy atom. The first-order chi connectivity index (χ1) is 10.8. The average molecular weight is 321 g/mol. The van der Waals surface area contributed by atoms with E-state index in [1.54, 1.807) is 51.1 Å². The molecule has 1 unspecified atom stereocenters. The van der Waals surface area contributed by atoms with Gasteiger partial charge in [-0.1, -0.05) is 18.2 Å². The van der Waals surface area contributed by atoms with Gasteiger partial charge in [-0.05, 0) is 45.7 Å². The Morgan fingerprint density at radius 2 is 1.83 bits per heavy atom. The number of piperidine rings is 1. The number of carbonyl (C=O) groups is 2. The lowest BCUT2D eigenvalue weighted by Crippen LogP contribution is -2.51. The van der Waals surface area contributed by atoms with Crippen molar-refractivity contribution in [3.8, 4) is 0 Å². The number of rotatable bonds is 3. The molecule has 1 aromatic rings. The highest BCUT2D eigenvalue weighted by Crippen LogP contribution is 2.22. The molecule has 6 heteroatoms. The maximum absolute atomic E-state index is 12.3. The van der Waals surface area contributed by atoms with Gasteiger partial charge in [-0.25, -0.2) is 4.79 Å². The van der Waals surface area contributed by atoms with Gasteiger partial charge in [0.05, 0.1) is 18.2 Å². The van der Waals surface area contributed by atoms with E-state index in [9.17, 15) is 14.7 Å². The molecule has 1 fully saturated rings. The number of aliphatic hydroxyl groups excluding tert-OH is 1. The van der Waals surface area contributed by atoms with Gasteiger partial charge >= 0.3 is 11.9 Å². The fourth-order valence-electron chi connectivity index (χ4n) is 2.36. The van der Waals surface area contributed by atoms with Crippen LogP contribution in [0, 0.1) is 0 Å². The van der Waals surface area contributed by atoms with Crippen LogP contribution in [0.1, 0.15) is 44.0 Å². The standard InChI is InChI=1S/C17H23NO5/c1-17(2,3)22-16(21)14-10-9-13(19)11-18(14)23-15(20)12-7-5-4-6-8-12/h4-8,13-14,19H,9-11H2,1-3H3/t13?,14-/m0/s1. The Labute approximate surface area is 135 Å². The molecule has 1 aromatic carbocycles. The summed E-state index contributed by atoms with van der Waals surface area (Å²) < 4.78 is 5.38. The van der Waals surface area contributed by atoms with E-state index in [1.165, 1.54) is 5.06 Å². The van der Waals surface area contributed by atoms with E-state index in [1.807, 2.05) is 0 Å². The summed E-state index contributed by atoms with van der Waals surface area (Å²) in [6, 6.07) is 7.81. The zero-order chi connectivity index (χ0) is 17.0. The zero-order valence-electron chi connectivity index (χ0n) is 13.7. The Kier molecular flexibility index (Phi) is 5.38. The highest BCUT2D eigenvalue weighted by atomic mass is 16.7. The van der Waals surface area contributed by atoms with Crippen LogP contribution in [0.15, 0.2) is 30.3 Å². The van der Waals surface area contributed by atoms with Crippen LogP contribution >= 0.6 is 0 Å². The summed E-state index contributed by atoms with van der Waals surface area (Å²) in [6.07, 6.45) is 0.193. The fraction of sp³-hybridized carbons (Fsp3) is 0.529. The minimum absolute atomic E-state index is 0.0858. The monoisotopic (exact) mass is 321 g/mol. The van der Waals surface area contributed by atoms with Gasteiger partial charge in [-0.2, -0.15) is 0 Å². The van der Waals surface area contributed by atoms with Crippen molar-refractivity contribution in [3.63, 3.8) is 0 Å². The summed E-state index contributed by atoms with van der Waals surface area (Å²) in [5, 5.41) is 11.0. The molecule has 1 aliphatic rings. The lowest BCUT2D eigenvalue weighted by Gasteiger charge is -2.35. The molecule has 0 aromatic heterocycles. The summed E-state index contributed by atoms with van der Waals surface area (Å²) in [6.45, 7) is 5.43. The summed E-state index contributed by atoms with van der Waals surface area (Å²) in [7, 11) is 0. The molecule has 0 amide bonds. The lowest BCUT2D eigenvalue weighted by molar-refractivity contribution is -0.200. The number of hydroxylamine groups is 2. The Bertz CT molecular complexity index is 552. The van der Waals surface area contributed by atoms with Gasteiger partial charge in [0, 0.05) is 0 Å². The molecular weight excluding hydrogens is 298 g/mol. The summed E-state index contributed by atoms with van der Waals surface area (Å²) in [5.41, 5.74) is -0.238. The van der Waals surface area contributed by atoms with Crippen LogP contribution < -0.4 is 0 Å². The Hall–Kier alpha value is -1.92. The van der Waals surface area contributed by atoms with E-state index in [0.717, 1.165) is 0 Å². The number of aliphatic hydroxyl groups is 1. The summed E-state index contributed by atoms with van der Waals surface area (Å²) >= 11 is 0. The predicted molar refractivity (Wildman–Crippen MR) is 83.4 cm³/mol. The van der Waals surface area contributed by atoms with Crippen LogP contribution in [0.3, 0.4) is 0 Å². The molecule has 6 nitrogen and oxygen atoms in total. The molecule has 0 radical (unpaired) electrons. The lowest BCUT2D eigenvalue weighted by atomic mass is 10.0. The largest absolute Gasteiger partial charge is 0.459 e. The van der Waals surface area contributed by atoms with Crippen LogP contribution in [0.2, 0.25) is 0 Å². The first-order valence-corrected chi connectivity index (χ1v) is 7.71. The second kappa shape index (κ2) is 7.10. The van der Waals surface area contributed by atoms with Crippen LogP contribution in [-0.4, -0.2) is 46.4 Å². The number of hydrogen-bond donors (Lipinski definition) is 1.